The second kappa shape index (κ2) is 9.19. The number of fused-ring (bicyclic) bond motifs is 1. The van der Waals surface area contributed by atoms with E-state index in [1.807, 2.05) is 19.9 Å². The van der Waals surface area contributed by atoms with E-state index >= 15 is 0 Å². The van der Waals surface area contributed by atoms with Gasteiger partial charge in [0.15, 0.2) is 12.0 Å². The second-order valence-electron chi connectivity index (χ2n) is 7.76. The molecule has 3 rings (SSSR count). The Labute approximate surface area is 169 Å². The fourth-order valence-electron chi connectivity index (χ4n) is 3.34. The number of pyridine rings is 1. The number of carbonyl (C=O) groups is 2. The van der Waals surface area contributed by atoms with E-state index in [-0.39, 0.29) is 29.4 Å². The summed E-state index contributed by atoms with van der Waals surface area (Å²) in [6, 6.07) is 8.02. The van der Waals surface area contributed by atoms with Gasteiger partial charge in [0.2, 0.25) is 5.91 Å². The van der Waals surface area contributed by atoms with Gasteiger partial charge in [0.1, 0.15) is 5.75 Å². The molecular weight excluding hydrogens is 374 g/mol. The van der Waals surface area contributed by atoms with Crippen molar-refractivity contribution in [3.8, 4) is 5.75 Å². The van der Waals surface area contributed by atoms with Crippen LogP contribution in [0.5, 0.6) is 5.75 Å². The zero-order valence-corrected chi connectivity index (χ0v) is 16.6. The minimum atomic E-state index is -1.21. The van der Waals surface area contributed by atoms with Crippen LogP contribution in [-0.4, -0.2) is 52.0 Å². The molecule has 0 saturated carbocycles. The molecule has 1 saturated heterocycles. The summed E-state index contributed by atoms with van der Waals surface area (Å²) in [6.45, 7) is 4.25. The fourth-order valence-corrected chi connectivity index (χ4v) is 3.34. The van der Waals surface area contributed by atoms with Gasteiger partial charge in [0.25, 0.3) is 5.91 Å². The third-order valence-corrected chi connectivity index (χ3v) is 4.83. The number of carbonyl (C=O) groups excluding carboxylic acids is 2. The average Bonchev–Trinajstić information content (AvgIpc) is 2.67. The minimum absolute atomic E-state index is 0.0497. The number of nitrogens with one attached hydrogen (secondary N) is 2. The summed E-state index contributed by atoms with van der Waals surface area (Å²) in [5.41, 5.74) is 0.493. The lowest BCUT2D eigenvalue weighted by molar-refractivity contribution is -0.175. The molecule has 1 fully saturated rings. The number of aromatic nitrogens is 1. The molecule has 156 valence electrons. The highest BCUT2D eigenvalue weighted by molar-refractivity contribution is 5.98. The Morgan fingerprint density at radius 1 is 1.28 bits per heavy atom. The highest BCUT2D eigenvalue weighted by atomic mass is 16.6. The van der Waals surface area contributed by atoms with Crippen molar-refractivity contribution in [1.82, 2.24) is 15.6 Å². The third-order valence-electron chi connectivity index (χ3n) is 4.83. The van der Waals surface area contributed by atoms with E-state index in [2.05, 4.69) is 15.6 Å². The normalized spacial score (nSPS) is 21.9. The first kappa shape index (κ1) is 21.0. The second-order valence-corrected chi connectivity index (χ2v) is 7.76. The van der Waals surface area contributed by atoms with Gasteiger partial charge in [0.05, 0.1) is 17.7 Å². The molecule has 0 spiro atoms. The van der Waals surface area contributed by atoms with Gasteiger partial charge < -0.3 is 25.6 Å². The average molecular weight is 401 g/mol. The predicted molar refractivity (Wildman–Crippen MR) is 107 cm³/mol. The first-order chi connectivity index (χ1) is 13.8. The molecule has 29 heavy (non-hydrogen) atoms. The Kier molecular flexibility index (Phi) is 6.66. The predicted octanol–water partition coefficient (Wildman–Crippen LogP) is 1.70. The van der Waals surface area contributed by atoms with E-state index in [4.69, 9.17) is 4.74 Å². The Morgan fingerprint density at radius 2 is 2.03 bits per heavy atom. The summed E-state index contributed by atoms with van der Waals surface area (Å²) in [5, 5.41) is 26.6. The quantitative estimate of drug-likeness (QED) is 0.585. The van der Waals surface area contributed by atoms with Crippen LogP contribution < -0.4 is 10.6 Å². The minimum Gasteiger partial charge on any atom is -0.505 e. The first-order valence-electron chi connectivity index (χ1n) is 9.83. The van der Waals surface area contributed by atoms with E-state index in [0.29, 0.717) is 31.3 Å². The maximum atomic E-state index is 12.6. The van der Waals surface area contributed by atoms with E-state index in [1.165, 1.54) is 6.07 Å². The van der Waals surface area contributed by atoms with Crippen molar-refractivity contribution in [3.05, 3.63) is 36.0 Å². The number of aromatic hydroxyl groups is 1. The van der Waals surface area contributed by atoms with Crippen LogP contribution in [-0.2, 0) is 9.53 Å². The standard InChI is InChI=1S/C21H27N3O5/c1-12(2)9-18(26)22-11-14-7-8-16(21(28)29-14)24-20(27)19-17(25)10-13-5-3-4-6-15(13)23-19/h3-6,10,12,14,16,21,25,28H,7-9,11H2,1-2H3,(H,22,26)(H,24,27)/t14-,16+,21-/m1/s1. The largest absolute Gasteiger partial charge is 0.505 e. The molecule has 0 bridgehead atoms. The van der Waals surface area contributed by atoms with Crippen molar-refractivity contribution in [2.75, 3.05) is 6.54 Å². The Bertz CT molecular complexity index is 886. The Morgan fingerprint density at radius 3 is 2.76 bits per heavy atom. The van der Waals surface area contributed by atoms with Gasteiger partial charge in [-0.2, -0.15) is 0 Å². The van der Waals surface area contributed by atoms with Crippen LogP contribution in [0.25, 0.3) is 10.9 Å². The van der Waals surface area contributed by atoms with Crippen molar-refractivity contribution in [2.24, 2.45) is 5.92 Å². The van der Waals surface area contributed by atoms with Crippen LogP contribution >= 0.6 is 0 Å². The molecule has 0 aliphatic carbocycles. The Balaban J connectivity index is 1.56. The zero-order valence-electron chi connectivity index (χ0n) is 16.6. The number of ether oxygens (including phenoxy) is 1. The number of para-hydroxylation sites is 1. The number of rotatable bonds is 6. The number of hydrogen-bond acceptors (Lipinski definition) is 6. The van der Waals surface area contributed by atoms with Crippen LogP contribution in [0.15, 0.2) is 30.3 Å². The van der Waals surface area contributed by atoms with Gasteiger partial charge >= 0.3 is 0 Å². The molecule has 1 aliphatic heterocycles. The summed E-state index contributed by atoms with van der Waals surface area (Å²) in [4.78, 5) is 28.5. The molecule has 2 heterocycles. The molecule has 0 radical (unpaired) electrons. The molecule has 1 aliphatic rings. The Hall–Kier alpha value is -2.71. The van der Waals surface area contributed by atoms with Gasteiger partial charge in [-0.3, -0.25) is 9.59 Å². The van der Waals surface area contributed by atoms with Crippen LogP contribution in [0.2, 0.25) is 0 Å². The number of aliphatic hydroxyl groups is 1. The summed E-state index contributed by atoms with van der Waals surface area (Å²) < 4.78 is 5.53. The molecule has 1 aromatic carbocycles. The number of benzene rings is 1. The summed E-state index contributed by atoms with van der Waals surface area (Å²) in [7, 11) is 0. The van der Waals surface area contributed by atoms with Gasteiger partial charge in [-0.05, 0) is 30.9 Å². The number of amides is 2. The van der Waals surface area contributed by atoms with Crippen molar-refractivity contribution in [1.29, 1.82) is 0 Å². The summed E-state index contributed by atoms with van der Waals surface area (Å²) in [6.07, 6.45) is -0.0349. The van der Waals surface area contributed by atoms with Gasteiger partial charge in [0, 0.05) is 18.4 Å². The van der Waals surface area contributed by atoms with Gasteiger partial charge in [-0.1, -0.05) is 32.0 Å². The SMILES string of the molecule is CC(C)CC(=O)NC[C@H]1CC[C@H](NC(=O)c2nc3ccccc3cc2O)[C@H](O)O1. The molecule has 2 amide bonds. The highest BCUT2D eigenvalue weighted by Gasteiger charge is 2.32. The molecule has 0 unspecified atom stereocenters. The van der Waals surface area contributed by atoms with Crippen LogP contribution in [0, 0.1) is 5.92 Å². The lowest BCUT2D eigenvalue weighted by Crippen LogP contribution is -2.51. The topological polar surface area (TPSA) is 121 Å². The van der Waals surface area contributed by atoms with Crippen LogP contribution in [0.1, 0.15) is 43.6 Å². The molecule has 2 aromatic rings. The molecule has 8 nitrogen and oxygen atoms in total. The molecule has 1 aromatic heterocycles. The maximum Gasteiger partial charge on any atom is 0.274 e. The van der Waals surface area contributed by atoms with E-state index in [9.17, 15) is 19.8 Å². The highest BCUT2D eigenvalue weighted by Crippen LogP contribution is 2.23. The molecule has 4 N–H and O–H groups in total. The van der Waals surface area contributed by atoms with Crippen molar-refractivity contribution < 1.29 is 24.5 Å². The van der Waals surface area contributed by atoms with Gasteiger partial charge in [-0.25, -0.2) is 4.98 Å². The fraction of sp³-hybridized carbons (Fsp3) is 0.476. The first-order valence-corrected chi connectivity index (χ1v) is 9.83. The molecule has 3 atom stereocenters. The van der Waals surface area contributed by atoms with Gasteiger partial charge in [-0.15, -0.1) is 0 Å². The van der Waals surface area contributed by atoms with Crippen molar-refractivity contribution in [3.63, 3.8) is 0 Å². The van der Waals surface area contributed by atoms with Crippen LogP contribution in [0.3, 0.4) is 0 Å². The molecular formula is C21H27N3O5. The lowest BCUT2D eigenvalue weighted by Gasteiger charge is -2.34. The van der Waals surface area contributed by atoms with Crippen molar-refractivity contribution in [2.45, 2.75) is 51.5 Å². The van der Waals surface area contributed by atoms with E-state index in [1.54, 1.807) is 18.2 Å². The third kappa shape index (κ3) is 5.42. The van der Waals surface area contributed by atoms with Crippen LogP contribution in [0.4, 0.5) is 0 Å². The van der Waals surface area contributed by atoms with E-state index in [0.717, 1.165) is 5.39 Å². The summed E-state index contributed by atoms with van der Waals surface area (Å²) >= 11 is 0. The number of aliphatic hydroxyl groups excluding tert-OH is 1. The van der Waals surface area contributed by atoms with Crippen molar-refractivity contribution >= 4 is 22.7 Å². The number of nitrogens with zero attached hydrogens (tertiary/aromatic N) is 1. The summed E-state index contributed by atoms with van der Waals surface area (Å²) in [5.74, 6) is -0.582. The monoisotopic (exact) mass is 401 g/mol. The molecule has 8 heteroatoms. The smallest absolute Gasteiger partial charge is 0.274 e. The number of hydrogen-bond donors (Lipinski definition) is 4. The maximum absolute atomic E-state index is 12.6. The van der Waals surface area contributed by atoms with E-state index < -0.39 is 18.2 Å². The lowest BCUT2D eigenvalue weighted by atomic mass is 10.0. The zero-order chi connectivity index (χ0) is 21.0.